The van der Waals surface area contributed by atoms with Crippen LogP contribution in [0.2, 0.25) is 10.0 Å². The number of carboxylic acids is 1. The average Bonchev–Trinajstić information content (AvgIpc) is 2.68. The molecule has 0 aromatic heterocycles. The van der Waals surface area contributed by atoms with Crippen molar-refractivity contribution < 1.29 is 14.6 Å². The zero-order valence-electron chi connectivity index (χ0n) is 15.2. The van der Waals surface area contributed by atoms with Gasteiger partial charge < -0.3 is 15.2 Å². The molecule has 0 fully saturated rings. The number of halogens is 2. The molecule has 3 aromatic carbocycles. The van der Waals surface area contributed by atoms with Gasteiger partial charge in [0.2, 0.25) is 0 Å². The number of aryl methyl sites for hydroxylation is 1. The Bertz CT molecular complexity index is 1000. The van der Waals surface area contributed by atoms with E-state index in [0.717, 1.165) is 28.1 Å². The van der Waals surface area contributed by atoms with Gasteiger partial charge in [-0.1, -0.05) is 47.5 Å². The van der Waals surface area contributed by atoms with Gasteiger partial charge in [-0.2, -0.15) is 0 Å². The summed E-state index contributed by atoms with van der Waals surface area (Å²) in [6.07, 6.45) is 0. The molecule has 144 valence electrons. The quantitative estimate of drug-likeness (QED) is 0.482. The van der Waals surface area contributed by atoms with Crippen LogP contribution in [0, 0.1) is 6.92 Å². The summed E-state index contributed by atoms with van der Waals surface area (Å²) in [6.45, 7) is 2.87. The summed E-state index contributed by atoms with van der Waals surface area (Å²) in [7, 11) is 0. The van der Waals surface area contributed by atoms with E-state index in [0.29, 0.717) is 23.2 Å². The van der Waals surface area contributed by atoms with Gasteiger partial charge in [0.15, 0.2) is 0 Å². The van der Waals surface area contributed by atoms with E-state index in [1.807, 2.05) is 37.3 Å². The molecule has 0 unspecified atom stereocenters. The highest BCUT2D eigenvalue weighted by Crippen LogP contribution is 2.24. The molecule has 4 nitrogen and oxygen atoms in total. The Labute approximate surface area is 173 Å². The molecule has 3 aromatic rings. The summed E-state index contributed by atoms with van der Waals surface area (Å²) in [5.74, 6) is -0.206. The molecule has 0 heterocycles. The topological polar surface area (TPSA) is 58.6 Å². The maximum absolute atomic E-state index is 11.2. The first-order chi connectivity index (χ1) is 13.4. The second kappa shape index (κ2) is 9.00. The molecule has 6 heteroatoms. The van der Waals surface area contributed by atoms with E-state index < -0.39 is 5.97 Å². The van der Waals surface area contributed by atoms with Gasteiger partial charge in [-0.25, -0.2) is 4.79 Å². The SMILES string of the molecule is Cc1ccc(C(=O)O)cc1NCc1cccc(OCc2ccc(Cl)c(Cl)c2)c1. The smallest absolute Gasteiger partial charge is 0.335 e. The van der Waals surface area contributed by atoms with Crippen molar-refractivity contribution in [1.29, 1.82) is 0 Å². The Balaban J connectivity index is 1.64. The Kier molecular flexibility index (Phi) is 6.45. The van der Waals surface area contributed by atoms with Gasteiger partial charge in [0.05, 0.1) is 15.6 Å². The molecule has 2 N–H and O–H groups in total. The number of anilines is 1. The van der Waals surface area contributed by atoms with Crippen LogP contribution < -0.4 is 10.1 Å². The molecular weight excluding hydrogens is 397 g/mol. The summed E-state index contributed by atoms with van der Waals surface area (Å²) < 4.78 is 5.85. The van der Waals surface area contributed by atoms with Gasteiger partial charge in [0, 0.05) is 12.2 Å². The van der Waals surface area contributed by atoms with Crippen molar-refractivity contribution in [2.45, 2.75) is 20.1 Å². The van der Waals surface area contributed by atoms with E-state index in [-0.39, 0.29) is 5.56 Å². The van der Waals surface area contributed by atoms with Gasteiger partial charge in [0.1, 0.15) is 12.4 Å². The molecule has 0 amide bonds. The van der Waals surface area contributed by atoms with Crippen LogP contribution in [0.15, 0.2) is 60.7 Å². The number of carbonyl (C=O) groups is 1. The predicted octanol–water partition coefficient (Wildman–Crippen LogP) is 6.19. The zero-order chi connectivity index (χ0) is 20.1. The second-order valence-electron chi connectivity index (χ2n) is 6.37. The van der Waals surface area contributed by atoms with Crippen molar-refractivity contribution in [1.82, 2.24) is 0 Å². The third kappa shape index (κ3) is 5.18. The maximum Gasteiger partial charge on any atom is 0.335 e. The Hall–Kier alpha value is -2.69. The lowest BCUT2D eigenvalue weighted by molar-refractivity contribution is 0.0697. The van der Waals surface area contributed by atoms with Crippen LogP contribution in [0.3, 0.4) is 0 Å². The summed E-state index contributed by atoms with van der Waals surface area (Å²) in [5.41, 5.74) is 3.98. The van der Waals surface area contributed by atoms with Crippen LogP contribution in [0.1, 0.15) is 27.0 Å². The summed E-state index contributed by atoms with van der Waals surface area (Å²) in [6, 6.07) is 18.2. The van der Waals surface area contributed by atoms with E-state index in [1.165, 1.54) is 0 Å². The number of nitrogens with one attached hydrogen (secondary N) is 1. The third-order valence-corrected chi connectivity index (χ3v) is 4.99. The molecule has 0 aliphatic rings. The van der Waals surface area contributed by atoms with Crippen molar-refractivity contribution in [2.75, 3.05) is 5.32 Å². The first kappa shape index (κ1) is 20.1. The lowest BCUT2D eigenvalue weighted by Gasteiger charge is -2.12. The van der Waals surface area contributed by atoms with Gasteiger partial charge in [-0.15, -0.1) is 0 Å². The van der Waals surface area contributed by atoms with Gasteiger partial charge >= 0.3 is 5.97 Å². The molecule has 0 saturated heterocycles. The van der Waals surface area contributed by atoms with E-state index in [9.17, 15) is 4.79 Å². The molecule has 0 aliphatic heterocycles. The summed E-state index contributed by atoms with van der Waals surface area (Å²) >= 11 is 12.0. The number of benzene rings is 3. The van der Waals surface area contributed by atoms with Crippen LogP contribution in [-0.4, -0.2) is 11.1 Å². The second-order valence-corrected chi connectivity index (χ2v) is 7.19. The van der Waals surface area contributed by atoms with E-state index in [2.05, 4.69) is 5.32 Å². The number of carboxylic acid groups (broad SMARTS) is 1. The Morgan fingerprint density at radius 2 is 1.82 bits per heavy atom. The van der Waals surface area contributed by atoms with Crippen molar-refractivity contribution in [3.05, 3.63) is 93.0 Å². The molecule has 28 heavy (non-hydrogen) atoms. The molecule has 3 rings (SSSR count). The zero-order valence-corrected chi connectivity index (χ0v) is 16.7. The summed E-state index contributed by atoms with van der Waals surface area (Å²) in [5, 5.41) is 13.4. The van der Waals surface area contributed by atoms with Crippen molar-refractivity contribution in [3.8, 4) is 5.75 Å². The molecule has 0 atom stereocenters. The van der Waals surface area contributed by atoms with Crippen LogP contribution in [0.25, 0.3) is 0 Å². The minimum atomic E-state index is -0.944. The number of hydrogen-bond acceptors (Lipinski definition) is 3. The highest BCUT2D eigenvalue weighted by atomic mass is 35.5. The highest BCUT2D eigenvalue weighted by Gasteiger charge is 2.07. The number of aromatic carboxylic acids is 1. The van der Waals surface area contributed by atoms with Gasteiger partial charge in [-0.05, 0) is 60.0 Å². The van der Waals surface area contributed by atoms with Crippen LogP contribution in [-0.2, 0) is 13.2 Å². The fraction of sp³-hybridized carbons (Fsp3) is 0.136. The predicted molar refractivity (Wildman–Crippen MR) is 113 cm³/mol. The van der Waals surface area contributed by atoms with Crippen molar-refractivity contribution in [2.24, 2.45) is 0 Å². The van der Waals surface area contributed by atoms with E-state index >= 15 is 0 Å². The molecule has 0 bridgehead atoms. The Morgan fingerprint density at radius 3 is 2.57 bits per heavy atom. The Morgan fingerprint density at radius 1 is 1.00 bits per heavy atom. The van der Waals surface area contributed by atoms with Gasteiger partial charge in [0.25, 0.3) is 0 Å². The number of rotatable bonds is 7. The minimum Gasteiger partial charge on any atom is -0.489 e. The molecule has 0 spiro atoms. The van der Waals surface area contributed by atoms with Crippen LogP contribution in [0.4, 0.5) is 5.69 Å². The lowest BCUT2D eigenvalue weighted by Crippen LogP contribution is -2.04. The monoisotopic (exact) mass is 415 g/mol. The number of ether oxygens (including phenoxy) is 1. The van der Waals surface area contributed by atoms with Crippen LogP contribution in [0.5, 0.6) is 5.75 Å². The maximum atomic E-state index is 11.2. The van der Waals surface area contributed by atoms with E-state index in [4.69, 9.17) is 33.0 Å². The molecule has 0 saturated carbocycles. The molecule has 0 aliphatic carbocycles. The first-order valence-electron chi connectivity index (χ1n) is 8.66. The van der Waals surface area contributed by atoms with Crippen molar-refractivity contribution in [3.63, 3.8) is 0 Å². The summed E-state index contributed by atoms with van der Waals surface area (Å²) in [4.78, 5) is 11.2. The van der Waals surface area contributed by atoms with Gasteiger partial charge in [-0.3, -0.25) is 0 Å². The number of hydrogen-bond donors (Lipinski definition) is 2. The average molecular weight is 416 g/mol. The lowest BCUT2D eigenvalue weighted by atomic mass is 10.1. The van der Waals surface area contributed by atoms with Crippen LogP contribution >= 0.6 is 23.2 Å². The largest absolute Gasteiger partial charge is 0.489 e. The standard InChI is InChI=1S/C22H19Cl2NO3/c1-14-5-7-17(22(26)27)11-21(14)25-12-15-3-2-4-18(9-15)28-13-16-6-8-19(23)20(24)10-16/h2-11,25H,12-13H2,1H3,(H,26,27). The van der Waals surface area contributed by atoms with Crippen molar-refractivity contribution >= 4 is 34.9 Å². The van der Waals surface area contributed by atoms with E-state index in [1.54, 1.807) is 30.3 Å². The first-order valence-corrected chi connectivity index (χ1v) is 9.41. The highest BCUT2D eigenvalue weighted by molar-refractivity contribution is 6.42. The third-order valence-electron chi connectivity index (χ3n) is 4.26. The minimum absolute atomic E-state index is 0.256. The fourth-order valence-corrected chi connectivity index (χ4v) is 3.00. The molecular formula is C22H19Cl2NO3. The fourth-order valence-electron chi connectivity index (χ4n) is 2.68. The normalized spacial score (nSPS) is 10.5. The molecule has 0 radical (unpaired) electrons.